The van der Waals surface area contributed by atoms with Gasteiger partial charge >= 0.3 is 0 Å². The molecule has 1 unspecified atom stereocenters. The van der Waals surface area contributed by atoms with E-state index in [1.807, 2.05) is 0 Å². The van der Waals surface area contributed by atoms with Crippen molar-refractivity contribution in [1.82, 2.24) is 9.97 Å². The fourth-order valence-corrected chi connectivity index (χ4v) is 5.86. The summed E-state index contributed by atoms with van der Waals surface area (Å²) in [5.41, 5.74) is 9.49. The van der Waals surface area contributed by atoms with Crippen molar-refractivity contribution in [1.29, 1.82) is 0 Å². The smallest absolute Gasteiger partial charge is 0.124 e. The maximum atomic E-state index is 6.74. The second-order valence-electron chi connectivity index (χ2n) is 7.80. The zero-order valence-electron chi connectivity index (χ0n) is 12.8. The number of rotatable bonds is 3. The molecule has 1 aromatic heterocycles. The zero-order chi connectivity index (χ0) is 13.9. The molecule has 0 saturated heterocycles. The molecule has 3 heteroatoms. The predicted octanol–water partition coefficient (Wildman–Crippen LogP) is 3.50. The van der Waals surface area contributed by atoms with Crippen LogP contribution >= 0.6 is 0 Å². The molecule has 0 radical (unpaired) electrons. The summed E-state index contributed by atoms with van der Waals surface area (Å²) < 4.78 is 0. The Bertz CT molecular complexity index is 481. The van der Waals surface area contributed by atoms with E-state index in [9.17, 15) is 0 Å². The van der Waals surface area contributed by atoms with Gasteiger partial charge in [0.15, 0.2) is 0 Å². The van der Waals surface area contributed by atoms with Gasteiger partial charge < -0.3 is 10.7 Å². The lowest BCUT2D eigenvalue weighted by molar-refractivity contribution is -0.0690. The summed E-state index contributed by atoms with van der Waals surface area (Å²) in [6.07, 6.45) is 9.47. The van der Waals surface area contributed by atoms with Crippen LogP contribution in [0.1, 0.15) is 68.7 Å². The molecule has 0 aromatic carbocycles. The molecule has 4 aliphatic rings. The van der Waals surface area contributed by atoms with Gasteiger partial charge in [-0.2, -0.15) is 0 Å². The van der Waals surface area contributed by atoms with Gasteiger partial charge in [0.05, 0.1) is 11.7 Å². The van der Waals surface area contributed by atoms with E-state index in [4.69, 9.17) is 10.7 Å². The highest BCUT2D eigenvalue weighted by atomic mass is 15.0. The van der Waals surface area contributed by atoms with E-state index in [1.54, 1.807) is 0 Å². The first-order chi connectivity index (χ1) is 9.59. The summed E-state index contributed by atoms with van der Waals surface area (Å²) in [6, 6.07) is 0.120. The highest BCUT2D eigenvalue weighted by molar-refractivity contribution is 5.18. The number of nitrogens with zero attached hydrogens (tertiary/aromatic N) is 1. The highest BCUT2D eigenvalue weighted by Crippen LogP contribution is 2.63. The van der Waals surface area contributed by atoms with Gasteiger partial charge in [-0.1, -0.05) is 6.92 Å². The molecule has 0 spiro atoms. The van der Waals surface area contributed by atoms with Crippen LogP contribution in [-0.4, -0.2) is 9.97 Å². The number of H-pyrrole nitrogens is 1. The largest absolute Gasteiger partial charge is 0.345 e. The average Bonchev–Trinajstić information content (AvgIpc) is 2.77. The molecule has 4 bridgehead atoms. The number of aromatic amines is 1. The normalized spacial score (nSPS) is 40.2. The van der Waals surface area contributed by atoms with Crippen LogP contribution in [0.25, 0.3) is 0 Å². The topological polar surface area (TPSA) is 54.7 Å². The third-order valence-electron chi connectivity index (χ3n) is 6.38. The molecule has 20 heavy (non-hydrogen) atoms. The van der Waals surface area contributed by atoms with Gasteiger partial charge in [0.1, 0.15) is 5.82 Å². The fourth-order valence-electron chi connectivity index (χ4n) is 5.86. The summed E-state index contributed by atoms with van der Waals surface area (Å²) in [5.74, 6) is 3.92. The SMILES string of the molecule is CCc1nc(C(N)C23CC4CC(CC(C4)C2)C3)[nH]c1C. The van der Waals surface area contributed by atoms with Crippen molar-refractivity contribution in [3.8, 4) is 0 Å². The Morgan fingerprint density at radius 1 is 1.20 bits per heavy atom. The molecule has 0 amide bonds. The molecular formula is C17H27N3. The van der Waals surface area contributed by atoms with Crippen molar-refractivity contribution < 1.29 is 0 Å². The van der Waals surface area contributed by atoms with Crippen LogP contribution < -0.4 is 5.73 Å². The van der Waals surface area contributed by atoms with Crippen molar-refractivity contribution >= 4 is 0 Å². The number of aromatic nitrogens is 2. The number of hydrogen-bond donors (Lipinski definition) is 2. The second-order valence-corrected chi connectivity index (χ2v) is 7.80. The number of aryl methyl sites for hydroxylation is 2. The van der Waals surface area contributed by atoms with E-state index < -0.39 is 0 Å². The van der Waals surface area contributed by atoms with Gasteiger partial charge in [-0.25, -0.2) is 4.98 Å². The lowest BCUT2D eigenvalue weighted by Crippen LogP contribution is -2.51. The summed E-state index contributed by atoms with van der Waals surface area (Å²) in [6.45, 7) is 4.30. The van der Waals surface area contributed by atoms with Gasteiger partial charge in [0.25, 0.3) is 0 Å². The van der Waals surface area contributed by atoms with Crippen molar-refractivity contribution in [3.05, 3.63) is 17.2 Å². The minimum Gasteiger partial charge on any atom is -0.345 e. The molecule has 1 heterocycles. The summed E-state index contributed by atoms with van der Waals surface area (Å²) in [4.78, 5) is 8.29. The Hall–Kier alpha value is -0.830. The molecule has 1 atom stereocenters. The van der Waals surface area contributed by atoms with E-state index in [2.05, 4.69) is 18.8 Å². The Morgan fingerprint density at radius 2 is 1.75 bits per heavy atom. The summed E-state index contributed by atoms with van der Waals surface area (Å²) >= 11 is 0. The van der Waals surface area contributed by atoms with Crippen LogP contribution in [0.2, 0.25) is 0 Å². The van der Waals surface area contributed by atoms with Crippen LogP contribution in [0.3, 0.4) is 0 Å². The average molecular weight is 273 g/mol. The molecule has 4 saturated carbocycles. The molecular weight excluding hydrogens is 246 g/mol. The molecule has 4 fully saturated rings. The van der Waals surface area contributed by atoms with E-state index in [0.717, 1.165) is 30.0 Å². The van der Waals surface area contributed by atoms with Gasteiger partial charge in [0, 0.05) is 5.69 Å². The Morgan fingerprint density at radius 3 is 2.20 bits per heavy atom. The van der Waals surface area contributed by atoms with Crippen molar-refractivity contribution in [2.45, 2.75) is 64.8 Å². The van der Waals surface area contributed by atoms with E-state index in [0.29, 0.717) is 5.41 Å². The molecule has 0 aliphatic heterocycles. The highest BCUT2D eigenvalue weighted by Gasteiger charge is 2.54. The molecule has 110 valence electrons. The van der Waals surface area contributed by atoms with Gasteiger partial charge in [-0.05, 0) is 75.0 Å². The van der Waals surface area contributed by atoms with Gasteiger partial charge in [-0.3, -0.25) is 0 Å². The minimum absolute atomic E-state index is 0.120. The summed E-state index contributed by atoms with van der Waals surface area (Å²) in [5, 5.41) is 0. The van der Waals surface area contributed by atoms with Crippen molar-refractivity contribution in [3.63, 3.8) is 0 Å². The third kappa shape index (κ3) is 1.78. The molecule has 1 aromatic rings. The Labute approximate surface area is 121 Å². The third-order valence-corrected chi connectivity index (χ3v) is 6.38. The van der Waals surface area contributed by atoms with Crippen LogP contribution in [0.4, 0.5) is 0 Å². The van der Waals surface area contributed by atoms with Crippen LogP contribution in [0, 0.1) is 30.1 Å². The van der Waals surface area contributed by atoms with Crippen LogP contribution in [0.5, 0.6) is 0 Å². The lowest BCUT2D eigenvalue weighted by Gasteiger charge is -2.58. The maximum absolute atomic E-state index is 6.74. The van der Waals surface area contributed by atoms with Crippen LogP contribution in [-0.2, 0) is 6.42 Å². The second kappa shape index (κ2) is 4.33. The monoisotopic (exact) mass is 273 g/mol. The van der Waals surface area contributed by atoms with E-state index in [1.165, 1.54) is 49.9 Å². The first-order valence-electron chi connectivity index (χ1n) is 8.40. The van der Waals surface area contributed by atoms with Crippen LogP contribution in [0.15, 0.2) is 0 Å². The number of imidazole rings is 1. The molecule has 4 aliphatic carbocycles. The first-order valence-corrected chi connectivity index (χ1v) is 8.40. The number of nitrogens with one attached hydrogen (secondary N) is 1. The number of hydrogen-bond acceptors (Lipinski definition) is 2. The molecule has 5 rings (SSSR count). The number of nitrogens with two attached hydrogens (primary N) is 1. The molecule has 3 N–H and O–H groups in total. The minimum atomic E-state index is 0.120. The summed E-state index contributed by atoms with van der Waals surface area (Å²) in [7, 11) is 0. The fraction of sp³-hybridized carbons (Fsp3) is 0.824. The Balaban J connectivity index is 1.65. The standard InChI is InChI=1S/C17H27N3/c1-3-14-10(2)19-16(20-14)15(18)17-7-11-4-12(8-17)6-13(5-11)9-17/h11-13,15H,3-9,18H2,1-2H3,(H,19,20). The van der Waals surface area contributed by atoms with Crippen molar-refractivity contribution in [2.75, 3.05) is 0 Å². The predicted molar refractivity (Wildman–Crippen MR) is 80.2 cm³/mol. The van der Waals surface area contributed by atoms with E-state index >= 15 is 0 Å². The molecule has 3 nitrogen and oxygen atoms in total. The van der Waals surface area contributed by atoms with Crippen molar-refractivity contribution in [2.24, 2.45) is 28.9 Å². The quantitative estimate of drug-likeness (QED) is 0.885. The lowest BCUT2D eigenvalue weighted by atomic mass is 9.47. The zero-order valence-corrected chi connectivity index (χ0v) is 12.8. The first kappa shape index (κ1) is 12.9. The van der Waals surface area contributed by atoms with Gasteiger partial charge in [0.2, 0.25) is 0 Å². The maximum Gasteiger partial charge on any atom is 0.124 e. The van der Waals surface area contributed by atoms with E-state index in [-0.39, 0.29) is 6.04 Å². The van der Waals surface area contributed by atoms with Gasteiger partial charge in [-0.15, -0.1) is 0 Å². The Kier molecular flexibility index (Phi) is 2.79.